The number of methoxy groups -OCH3 is 1. The Morgan fingerprint density at radius 1 is 1.37 bits per heavy atom. The Labute approximate surface area is 112 Å². The van der Waals surface area contributed by atoms with Crippen LogP contribution < -0.4 is 5.32 Å². The van der Waals surface area contributed by atoms with Gasteiger partial charge in [0, 0.05) is 19.2 Å². The van der Waals surface area contributed by atoms with E-state index in [9.17, 15) is 9.59 Å². The summed E-state index contributed by atoms with van der Waals surface area (Å²) in [6.45, 7) is 1.75. The monoisotopic (exact) mass is 262 g/mol. The van der Waals surface area contributed by atoms with Gasteiger partial charge in [0.25, 0.3) is 5.91 Å². The van der Waals surface area contributed by atoms with Crippen molar-refractivity contribution in [1.82, 2.24) is 10.2 Å². The number of ether oxygens (including phenoxy) is 1. The van der Waals surface area contributed by atoms with Crippen molar-refractivity contribution >= 4 is 11.9 Å². The molecule has 1 heterocycles. The second-order valence-electron chi connectivity index (χ2n) is 4.65. The highest BCUT2D eigenvalue weighted by Gasteiger charge is 2.17. The summed E-state index contributed by atoms with van der Waals surface area (Å²) in [7, 11) is 2.91. The number of amides is 1. The van der Waals surface area contributed by atoms with E-state index in [2.05, 4.69) is 10.1 Å². The standard InChI is InChI=1S/C14H18N2O3/c1-16(9-13(17)19-2)14(18)11-3-4-12-8-15-6-5-10(12)7-11/h3-4,7,15H,5-6,8-9H2,1-2H3. The van der Waals surface area contributed by atoms with Gasteiger partial charge in [-0.15, -0.1) is 0 Å². The molecule has 0 atom stereocenters. The molecule has 0 saturated carbocycles. The largest absolute Gasteiger partial charge is 0.468 e. The maximum atomic E-state index is 12.2. The first-order chi connectivity index (χ1) is 9.11. The first kappa shape index (κ1) is 13.5. The Balaban J connectivity index is 2.12. The number of hydrogen-bond donors (Lipinski definition) is 1. The van der Waals surface area contributed by atoms with Gasteiger partial charge >= 0.3 is 5.97 Å². The van der Waals surface area contributed by atoms with Crippen LogP contribution in [0.1, 0.15) is 21.5 Å². The highest BCUT2D eigenvalue weighted by molar-refractivity contribution is 5.96. The molecular formula is C14H18N2O3. The summed E-state index contributed by atoms with van der Waals surface area (Å²) >= 11 is 0. The average molecular weight is 262 g/mol. The lowest BCUT2D eigenvalue weighted by atomic mass is 9.98. The number of carbonyl (C=O) groups excluding carboxylic acids is 2. The van der Waals surface area contributed by atoms with Crippen molar-refractivity contribution < 1.29 is 14.3 Å². The molecule has 0 unspecified atom stereocenters. The summed E-state index contributed by atoms with van der Waals surface area (Å²) in [6, 6.07) is 5.70. The molecule has 1 N–H and O–H groups in total. The van der Waals surface area contributed by atoms with Crippen molar-refractivity contribution in [3.8, 4) is 0 Å². The number of likely N-dealkylation sites (N-methyl/N-ethyl adjacent to an activating group) is 1. The number of nitrogens with zero attached hydrogens (tertiary/aromatic N) is 1. The van der Waals surface area contributed by atoms with Gasteiger partial charge in [-0.2, -0.15) is 0 Å². The van der Waals surface area contributed by atoms with Crippen molar-refractivity contribution in [2.45, 2.75) is 13.0 Å². The number of fused-ring (bicyclic) bond motifs is 1. The molecular weight excluding hydrogens is 244 g/mol. The normalized spacial score (nSPS) is 13.6. The minimum absolute atomic E-state index is 0.0338. The quantitative estimate of drug-likeness (QED) is 0.809. The number of nitrogens with one attached hydrogen (secondary N) is 1. The second-order valence-corrected chi connectivity index (χ2v) is 4.65. The van der Waals surface area contributed by atoms with E-state index in [0.29, 0.717) is 5.56 Å². The lowest BCUT2D eigenvalue weighted by molar-refractivity contribution is -0.141. The molecule has 1 aromatic rings. The Hall–Kier alpha value is -1.88. The summed E-state index contributed by atoms with van der Waals surface area (Å²) in [5.41, 5.74) is 3.06. The minimum Gasteiger partial charge on any atom is -0.468 e. The van der Waals surface area contributed by atoms with Gasteiger partial charge in [0.15, 0.2) is 0 Å². The van der Waals surface area contributed by atoms with Gasteiger partial charge in [-0.05, 0) is 36.2 Å². The molecule has 1 aliphatic rings. The molecule has 0 bridgehead atoms. The highest BCUT2D eigenvalue weighted by Crippen LogP contribution is 2.16. The Morgan fingerprint density at radius 3 is 2.89 bits per heavy atom. The van der Waals surface area contributed by atoms with Gasteiger partial charge in [0.1, 0.15) is 6.54 Å². The van der Waals surface area contributed by atoms with E-state index >= 15 is 0 Å². The highest BCUT2D eigenvalue weighted by atomic mass is 16.5. The molecule has 5 heteroatoms. The summed E-state index contributed by atoms with van der Waals surface area (Å²) in [4.78, 5) is 24.7. The van der Waals surface area contributed by atoms with E-state index in [1.54, 1.807) is 7.05 Å². The molecule has 1 aromatic carbocycles. The van der Waals surface area contributed by atoms with Crippen LogP contribution >= 0.6 is 0 Å². The Morgan fingerprint density at radius 2 is 2.16 bits per heavy atom. The number of hydrogen-bond acceptors (Lipinski definition) is 4. The average Bonchev–Trinajstić information content (AvgIpc) is 2.45. The third-order valence-electron chi connectivity index (χ3n) is 3.28. The molecule has 5 nitrogen and oxygen atoms in total. The predicted octanol–water partition coefficient (Wildman–Crippen LogP) is 0.577. The molecule has 0 aromatic heterocycles. The zero-order chi connectivity index (χ0) is 13.8. The molecule has 102 valence electrons. The summed E-state index contributed by atoms with van der Waals surface area (Å²) in [5.74, 6) is -0.579. The molecule has 1 amide bonds. The smallest absolute Gasteiger partial charge is 0.325 e. The zero-order valence-electron chi connectivity index (χ0n) is 11.2. The SMILES string of the molecule is COC(=O)CN(C)C(=O)c1ccc2c(c1)CCNC2. The number of benzene rings is 1. The van der Waals surface area contributed by atoms with E-state index in [1.807, 2.05) is 18.2 Å². The first-order valence-electron chi connectivity index (χ1n) is 6.26. The molecule has 0 radical (unpaired) electrons. The summed E-state index contributed by atoms with van der Waals surface area (Å²) in [6.07, 6.45) is 0.928. The minimum atomic E-state index is -0.419. The van der Waals surface area contributed by atoms with Gasteiger partial charge in [-0.3, -0.25) is 9.59 Å². The fraction of sp³-hybridized carbons (Fsp3) is 0.429. The fourth-order valence-electron chi connectivity index (χ4n) is 2.16. The van der Waals surface area contributed by atoms with Crippen molar-refractivity contribution in [2.75, 3.05) is 27.2 Å². The van der Waals surface area contributed by atoms with Crippen LogP contribution in [-0.2, 0) is 22.5 Å². The Bertz CT molecular complexity index is 499. The maximum absolute atomic E-state index is 12.2. The number of esters is 1. The van der Waals surface area contributed by atoms with Crippen LogP contribution in [-0.4, -0.2) is 44.0 Å². The van der Waals surface area contributed by atoms with Crippen LogP contribution in [0.25, 0.3) is 0 Å². The van der Waals surface area contributed by atoms with E-state index in [-0.39, 0.29) is 12.5 Å². The van der Waals surface area contributed by atoms with Crippen molar-refractivity contribution in [3.63, 3.8) is 0 Å². The van der Waals surface area contributed by atoms with Crippen molar-refractivity contribution in [3.05, 3.63) is 34.9 Å². The lowest BCUT2D eigenvalue weighted by Gasteiger charge is -2.20. The van der Waals surface area contributed by atoms with Gasteiger partial charge in [0.2, 0.25) is 0 Å². The van der Waals surface area contributed by atoms with Crippen LogP contribution in [0.5, 0.6) is 0 Å². The van der Waals surface area contributed by atoms with E-state index in [4.69, 9.17) is 0 Å². The zero-order valence-corrected chi connectivity index (χ0v) is 11.2. The molecule has 2 rings (SSSR count). The molecule has 19 heavy (non-hydrogen) atoms. The molecule has 0 fully saturated rings. The molecule has 1 aliphatic heterocycles. The fourth-order valence-corrected chi connectivity index (χ4v) is 2.16. The first-order valence-corrected chi connectivity index (χ1v) is 6.26. The van der Waals surface area contributed by atoms with Crippen molar-refractivity contribution in [1.29, 1.82) is 0 Å². The van der Waals surface area contributed by atoms with Crippen LogP contribution in [0, 0.1) is 0 Å². The van der Waals surface area contributed by atoms with Gasteiger partial charge in [0.05, 0.1) is 7.11 Å². The van der Waals surface area contributed by atoms with Crippen LogP contribution in [0.15, 0.2) is 18.2 Å². The predicted molar refractivity (Wildman–Crippen MR) is 70.8 cm³/mol. The van der Waals surface area contributed by atoms with Crippen LogP contribution in [0.2, 0.25) is 0 Å². The molecule has 0 spiro atoms. The summed E-state index contributed by atoms with van der Waals surface area (Å²) in [5, 5.41) is 3.29. The van der Waals surface area contributed by atoms with Gasteiger partial charge < -0.3 is 15.0 Å². The number of rotatable bonds is 3. The third kappa shape index (κ3) is 3.12. The maximum Gasteiger partial charge on any atom is 0.325 e. The topological polar surface area (TPSA) is 58.6 Å². The van der Waals surface area contributed by atoms with Gasteiger partial charge in [-0.25, -0.2) is 0 Å². The van der Waals surface area contributed by atoms with E-state index < -0.39 is 5.97 Å². The lowest BCUT2D eigenvalue weighted by Crippen LogP contribution is -2.33. The Kier molecular flexibility index (Phi) is 4.16. The third-order valence-corrected chi connectivity index (χ3v) is 3.28. The van der Waals surface area contributed by atoms with Crippen molar-refractivity contribution in [2.24, 2.45) is 0 Å². The number of carbonyl (C=O) groups is 2. The van der Waals surface area contributed by atoms with Gasteiger partial charge in [-0.1, -0.05) is 6.07 Å². The summed E-state index contributed by atoms with van der Waals surface area (Å²) < 4.78 is 4.56. The van der Waals surface area contributed by atoms with Crippen LogP contribution in [0.3, 0.4) is 0 Å². The van der Waals surface area contributed by atoms with Crippen LogP contribution in [0.4, 0.5) is 0 Å². The van der Waals surface area contributed by atoms with E-state index in [1.165, 1.54) is 23.1 Å². The second kappa shape index (κ2) is 5.84. The van der Waals surface area contributed by atoms with E-state index in [0.717, 1.165) is 19.5 Å². The molecule has 0 aliphatic carbocycles. The molecule has 0 saturated heterocycles.